The molecule has 1 aliphatic carbocycles. The van der Waals surface area contributed by atoms with Gasteiger partial charge in [0.05, 0.1) is 5.41 Å². The van der Waals surface area contributed by atoms with E-state index in [1.165, 1.54) is 0 Å². The summed E-state index contributed by atoms with van der Waals surface area (Å²) in [5, 5.41) is 0. The van der Waals surface area contributed by atoms with Crippen LogP contribution in [0.25, 0.3) is 0 Å². The third-order valence-corrected chi connectivity index (χ3v) is 7.72. The molecule has 1 aromatic rings. The molecule has 1 fully saturated rings. The number of ketones is 2. The lowest BCUT2D eigenvalue weighted by Crippen LogP contribution is -2.50. The van der Waals surface area contributed by atoms with Gasteiger partial charge in [0.15, 0.2) is 11.6 Å². The molecule has 0 radical (unpaired) electrons. The quantitative estimate of drug-likeness (QED) is 0.314. The molecule has 0 amide bonds. The molecule has 1 aliphatic heterocycles. The zero-order chi connectivity index (χ0) is 18.2. The second-order valence-electron chi connectivity index (χ2n) is 8.20. The summed E-state index contributed by atoms with van der Waals surface area (Å²) in [6, 6.07) is 4.94. The van der Waals surface area contributed by atoms with Crippen molar-refractivity contribution in [2.45, 2.75) is 48.8 Å². The van der Waals surface area contributed by atoms with E-state index >= 15 is 0 Å². The van der Waals surface area contributed by atoms with Crippen molar-refractivity contribution in [1.29, 1.82) is 0 Å². The van der Waals surface area contributed by atoms with E-state index in [4.69, 9.17) is 4.74 Å². The summed E-state index contributed by atoms with van der Waals surface area (Å²) in [6.07, 6.45) is 2.72. The van der Waals surface area contributed by atoms with Crippen LogP contribution in [-0.4, -0.2) is 49.3 Å². The fourth-order valence-electron chi connectivity index (χ4n) is 3.57. The highest BCUT2D eigenvalue weighted by Gasteiger charge is 2.54. The molecule has 136 valence electrons. The van der Waals surface area contributed by atoms with Crippen molar-refractivity contribution in [2.24, 2.45) is 0 Å². The van der Waals surface area contributed by atoms with E-state index in [2.05, 4.69) is 40.6 Å². The molecular weight excluding hydrogens is 400 g/mol. The second kappa shape index (κ2) is 6.93. The molecule has 1 spiro atoms. The molecule has 25 heavy (non-hydrogen) atoms. The Morgan fingerprint density at radius 3 is 2.88 bits per heavy atom. The van der Waals surface area contributed by atoms with Crippen molar-refractivity contribution in [1.82, 2.24) is 4.98 Å². The Morgan fingerprint density at radius 2 is 2.16 bits per heavy atom. The largest absolute Gasteiger partial charge is 0.361 e. The summed E-state index contributed by atoms with van der Waals surface area (Å²) in [5.41, 5.74) is 0.291. The molecule has 1 saturated carbocycles. The van der Waals surface area contributed by atoms with E-state index in [-0.39, 0.29) is 11.6 Å². The topological polar surface area (TPSA) is 59.5 Å². The maximum atomic E-state index is 13.0. The minimum atomic E-state index is -1.13. The standard InChI is InChI=1S/C18H25BrN2O3Si/c1-25(2,3)10-9-24-12-21-11-18(13-5-4-8-20-17(13)21)7-6-14(22)15(19)16(18)23/h4-5,8,15H,6-7,9-12H2,1-3H3. The SMILES string of the molecule is C[Si](C)(C)CCOCN1CC2(CCC(=O)C(Br)C2=O)c2cccnc21. The zero-order valence-corrected chi connectivity index (χ0v) is 17.6. The summed E-state index contributed by atoms with van der Waals surface area (Å²) in [5.74, 6) is 0.756. The van der Waals surface area contributed by atoms with Gasteiger partial charge in [-0.15, -0.1) is 0 Å². The first kappa shape index (κ1) is 18.7. The Balaban J connectivity index is 1.78. The predicted molar refractivity (Wildman–Crippen MR) is 104 cm³/mol. The smallest absolute Gasteiger partial charge is 0.166 e. The van der Waals surface area contributed by atoms with Crippen LogP contribution >= 0.6 is 15.9 Å². The average Bonchev–Trinajstić information content (AvgIpc) is 2.88. The van der Waals surface area contributed by atoms with Gasteiger partial charge >= 0.3 is 0 Å². The van der Waals surface area contributed by atoms with Crippen LogP contribution in [-0.2, 0) is 19.7 Å². The van der Waals surface area contributed by atoms with Crippen LogP contribution in [0.5, 0.6) is 0 Å². The highest BCUT2D eigenvalue weighted by molar-refractivity contribution is 9.10. The number of hydrogen-bond acceptors (Lipinski definition) is 5. The van der Waals surface area contributed by atoms with Gasteiger partial charge in [-0.05, 0) is 18.5 Å². The molecule has 0 bridgehead atoms. The van der Waals surface area contributed by atoms with Crippen molar-refractivity contribution < 1.29 is 14.3 Å². The van der Waals surface area contributed by atoms with Crippen LogP contribution in [0.1, 0.15) is 18.4 Å². The molecule has 5 nitrogen and oxygen atoms in total. The lowest BCUT2D eigenvalue weighted by atomic mass is 9.69. The van der Waals surface area contributed by atoms with Crippen LogP contribution in [0.3, 0.4) is 0 Å². The Morgan fingerprint density at radius 1 is 1.40 bits per heavy atom. The van der Waals surface area contributed by atoms with Crippen LogP contribution in [0.2, 0.25) is 25.7 Å². The molecule has 2 atom stereocenters. The van der Waals surface area contributed by atoms with E-state index < -0.39 is 18.3 Å². The number of carbonyl (C=O) groups excluding carboxylic acids is 2. The monoisotopic (exact) mass is 424 g/mol. The Bertz CT molecular complexity index is 691. The molecular formula is C18H25BrN2O3Si. The number of aromatic nitrogens is 1. The summed E-state index contributed by atoms with van der Waals surface area (Å²) in [7, 11) is -1.13. The number of ether oxygens (including phenoxy) is 1. The third kappa shape index (κ3) is 3.59. The van der Waals surface area contributed by atoms with Gasteiger partial charge in [0.1, 0.15) is 17.4 Å². The van der Waals surface area contributed by atoms with Gasteiger partial charge in [-0.1, -0.05) is 41.6 Å². The molecule has 2 heterocycles. The third-order valence-electron chi connectivity index (χ3n) is 5.09. The minimum Gasteiger partial charge on any atom is -0.361 e. The molecule has 0 saturated heterocycles. The number of Topliss-reactive ketones (excluding diaryl/α,β-unsaturated/α-hetero) is 2. The number of hydrogen-bond donors (Lipinski definition) is 0. The van der Waals surface area contributed by atoms with E-state index in [9.17, 15) is 9.59 Å². The zero-order valence-electron chi connectivity index (χ0n) is 15.0. The van der Waals surface area contributed by atoms with Gasteiger partial charge in [-0.25, -0.2) is 4.98 Å². The molecule has 2 aliphatic rings. The van der Waals surface area contributed by atoms with Crippen LogP contribution in [0.4, 0.5) is 5.82 Å². The molecule has 0 aromatic carbocycles. The molecule has 7 heteroatoms. The summed E-state index contributed by atoms with van der Waals surface area (Å²) < 4.78 is 5.90. The van der Waals surface area contributed by atoms with Crippen molar-refractivity contribution >= 4 is 41.4 Å². The van der Waals surface area contributed by atoms with Crippen LogP contribution in [0.15, 0.2) is 18.3 Å². The average molecular weight is 425 g/mol. The number of alkyl halides is 1. The van der Waals surface area contributed by atoms with Crippen LogP contribution < -0.4 is 4.90 Å². The summed E-state index contributed by atoms with van der Waals surface area (Å²) in [6.45, 7) is 8.68. The number of carbonyl (C=O) groups is 2. The maximum Gasteiger partial charge on any atom is 0.166 e. The van der Waals surface area contributed by atoms with Gasteiger partial charge in [0.2, 0.25) is 0 Å². The second-order valence-corrected chi connectivity index (χ2v) is 14.7. The number of nitrogens with zero attached hydrogens (tertiary/aromatic N) is 2. The number of rotatable bonds is 5. The molecule has 2 unspecified atom stereocenters. The number of fused-ring (bicyclic) bond motifs is 2. The minimum absolute atomic E-state index is 0.0223. The fraction of sp³-hybridized carbons (Fsp3) is 0.611. The van der Waals surface area contributed by atoms with E-state index in [0.29, 0.717) is 26.1 Å². The first-order valence-corrected chi connectivity index (χ1v) is 13.4. The van der Waals surface area contributed by atoms with Gasteiger partial charge < -0.3 is 9.64 Å². The molecule has 0 N–H and O–H groups in total. The van der Waals surface area contributed by atoms with E-state index in [1.807, 2.05) is 17.0 Å². The van der Waals surface area contributed by atoms with Gasteiger partial charge in [-0.3, -0.25) is 9.59 Å². The maximum absolute atomic E-state index is 13.0. The van der Waals surface area contributed by atoms with Gasteiger partial charge in [-0.2, -0.15) is 0 Å². The molecule has 3 rings (SSSR count). The summed E-state index contributed by atoms with van der Waals surface area (Å²) >= 11 is 3.30. The Labute approximate surface area is 158 Å². The summed E-state index contributed by atoms with van der Waals surface area (Å²) in [4.78, 5) is 30.7. The predicted octanol–water partition coefficient (Wildman–Crippen LogP) is 3.15. The van der Waals surface area contributed by atoms with E-state index in [1.54, 1.807) is 6.20 Å². The lowest BCUT2D eigenvalue weighted by Gasteiger charge is -2.34. The highest BCUT2D eigenvalue weighted by atomic mass is 79.9. The first-order valence-electron chi connectivity index (χ1n) is 8.74. The number of halogens is 1. The molecule has 1 aromatic heterocycles. The van der Waals surface area contributed by atoms with Crippen molar-refractivity contribution in [2.75, 3.05) is 24.8 Å². The van der Waals surface area contributed by atoms with Crippen molar-refractivity contribution in [3.8, 4) is 0 Å². The number of pyridine rings is 1. The lowest BCUT2D eigenvalue weighted by molar-refractivity contribution is -0.132. The van der Waals surface area contributed by atoms with Gasteiger partial charge in [0, 0.05) is 39.4 Å². The number of anilines is 1. The Hall–Kier alpha value is -1.05. The van der Waals surface area contributed by atoms with E-state index in [0.717, 1.165) is 24.0 Å². The van der Waals surface area contributed by atoms with Crippen molar-refractivity contribution in [3.05, 3.63) is 23.9 Å². The fourth-order valence-corrected chi connectivity index (χ4v) is 4.99. The van der Waals surface area contributed by atoms with Crippen LogP contribution in [0, 0.1) is 0 Å². The Kier molecular flexibility index (Phi) is 5.19. The van der Waals surface area contributed by atoms with Crippen molar-refractivity contribution in [3.63, 3.8) is 0 Å². The highest BCUT2D eigenvalue weighted by Crippen LogP contribution is 2.46. The first-order chi connectivity index (χ1) is 11.7. The normalized spacial score (nSPS) is 26.4. The van der Waals surface area contributed by atoms with Gasteiger partial charge in [0.25, 0.3) is 0 Å².